The van der Waals surface area contributed by atoms with Crippen LogP contribution in [0.5, 0.6) is 0 Å². The van der Waals surface area contributed by atoms with Gasteiger partial charge < -0.3 is 15.2 Å². The van der Waals surface area contributed by atoms with Crippen LogP contribution in [0.25, 0.3) is 0 Å². The Labute approximate surface area is 115 Å². The molecule has 0 aromatic carbocycles. The van der Waals surface area contributed by atoms with Gasteiger partial charge in [0.25, 0.3) is 0 Å². The first-order chi connectivity index (χ1) is 9.10. The molecule has 1 saturated heterocycles. The van der Waals surface area contributed by atoms with Gasteiger partial charge in [-0.05, 0) is 35.2 Å². The van der Waals surface area contributed by atoms with Crippen LogP contribution < -0.4 is 5.32 Å². The summed E-state index contributed by atoms with van der Waals surface area (Å²) < 4.78 is 5.25. The Kier molecular flexibility index (Phi) is 4.55. The number of hydrogen-bond donors (Lipinski definition) is 2. The quantitative estimate of drug-likeness (QED) is 0.857. The monoisotopic (exact) mass is 283 g/mol. The van der Waals surface area contributed by atoms with E-state index >= 15 is 0 Å². The molecule has 0 bridgehead atoms. The first-order valence-electron chi connectivity index (χ1n) is 6.21. The summed E-state index contributed by atoms with van der Waals surface area (Å²) in [4.78, 5) is 23.0. The standard InChI is InChI=1S/C13H17NO4S/c15-11(7-10-1-6-19-9-10)14-13(8-12(16)17)2-4-18-5-3-13/h1,6,9H,2-5,7-8H2,(H,14,15)(H,16,17). The van der Waals surface area contributed by atoms with Crippen LogP contribution in [0.4, 0.5) is 0 Å². The molecular weight excluding hydrogens is 266 g/mol. The molecule has 0 radical (unpaired) electrons. The summed E-state index contributed by atoms with van der Waals surface area (Å²) in [5, 5.41) is 15.8. The Hall–Kier alpha value is -1.40. The van der Waals surface area contributed by atoms with Crippen molar-refractivity contribution >= 4 is 23.2 Å². The van der Waals surface area contributed by atoms with Gasteiger partial charge in [-0.1, -0.05) is 0 Å². The van der Waals surface area contributed by atoms with E-state index in [0.29, 0.717) is 32.5 Å². The third kappa shape index (κ3) is 4.04. The molecule has 2 N–H and O–H groups in total. The number of hydrogen-bond acceptors (Lipinski definition) is 4. The number of carbonyl (C=O) groups excluding carboxylic acids is 1. The van der Waals surface area contributed by atoms with Gasteiger partial charge in [0.1, 0.15) is 0 Å². The second-order valence-electron chi connectivity index (χ2n) is 4.82. The third-order valence-corrected chi connectivity index (χ3v) is 4.02. The summed E-state index contributed by atoms with van der Waals surface area (Å²) in [7, 11) is 0. The number of carbonyl (C=O) groups is 2. The Balaban J connectivity index is 1.98. The average molecular weight is 283 g/mol. The van der Waals surface area contributed by atoms with Crippen LogP contribution in [0.1, 0.15) is 24.8 Å². The maximum Gasteiger partial charge on any atom is 0.305 e. The zero-order valence-electron chi connectivity index (χ0n) is 10.6. The van der Waals surface area contributed by atoms with Crippen LogP contribution in [0.2, 0.25) is 0 Å². The highest BCUT2D eigenvalue weighted by Crippen LogP contribution is 2.25. The van der Waals surface area contributed by atoms with Crippen molar-refractivity contribution in [2.75, 3.05) is 13.2 Å². The lowest BCUT2D eigenvalue weighted by atomic mass is 9.86. The maximum absolute atomic E-state index is 12.0. The minimum atomic E-state index is -0.891. The van der Waals surface area contributed by atoms with Crippen molar-refractivity contribution in [1.82, 2.24) is 5.32 Å². The molecule has 0 spiro atoms. The molecule has 104 valence electrons. The smallest absolute Gasteiger partial charge is 0.305 e. The molecule has 6 heteroatoms. The highest BCUT2D eigenvalue weighted by molar-refractivity contribution is 7.07. The van der Waals surface area contributed by atoms with Crippen LogP contribution in [-0.4, -0.2) is 35.7 Å². The van der Waals surface area contributed by atoms with Crippen molar-refractivity contribution in [2.45, 2.75) is 31.2 Å². The number of nitrogens with one attached hydrogen (secondary N) is 1. The SMILES string of the molecule is O=C(O)CC1(NC(=O)Cc2ccsc2)CCOCC1. The summed E-state index contributed by atoms with van der Waals surface area (Å²) in [6, 6.07) is 1.90. The molecule has 1 aliphatic rings. The van der Waals surface area contributed by atoms with Crippen molar-refractivity contribution in [3.63, 3.8) is 0 Å². The van der Waals surface area contributed by atoms with Crippen molar-refractivity contribution in [3.05, 3.63) is 22.4 Å². The van der Waals surface area contributed by atoms with E-state index in [1.165, 1.54) is 0 Å². The van der Waals surface area contributed by atoms with Crippen LogP contribution in [0.3, 0.4) is 0 Å². The topological polar surface area (TPSA) is 75.6 Å². The molecule has 1 fully saturated rings. The first kappa shape index (κ1) is 14.0. The Bertz CT molecular complexity index is 438. The number of carboxylic acids is 1. The fourth-order valence-electron chi connectivity index (χ4n) is 2.32. The summed E-state index contributed by atoms with van der Waals surface area (Å²) >= 11 is 1.54. The lowest BCUT2D eigenvalue weighted by Crippen LogP contribution is -2.53. The van der Waals surface area contributed by atoms with Crippen molar-refractivity contribution in [1.29, 1.82) is 0 Å². The average Bonchev–Trinajstić information content (AvgIpc) is 2.81. The van der Waals surface area contributed by atoms with Crippen LogP contribution in [0.15, 0.2) is 16.8 Å². The number of amides is 1. The molecule has 1 aromatic heterocycles. The minimum Gasteiger partial charge on any atom is -0.481 e. The summed E-state index contributed by atoms with van der Waals surface area (Å²) in [6.45, 7) is 0.984. The fraction of sp³-hybridized carbons (Fsp3) is 0.538. The van der Waals surface area contributed by atoms with Crippen LogP contribution in [0, 0.1) is 0 Å². The van der Waals surface area contributed by atoms with Gasteiger partial charge in [0.05, 0.1) is 18.4 Å². The Morgan fingerprint density at radius 3 is 2.74 bits per heavy atom. The van der Waals surface area contributed by atoms with Crippen molar-refractivity contribution in [2.24, 2.45) is 0 Å². The van der Waals surface area contributed by atoms with Gasteiger partial charge >= 0.3 is 5.97 Å². The Morgan fingerprint density at radius 2 is 2.16 bits per heavy atom. The van der Waals surface area contributed by atoms with Gasteiger partial charge in [0, 0.05) is 13.2 Å². The predicted molar refractivity (Wildman–Crippen MR) is 71.2 cm³/mol. The molecule has 1 amide bonds. The fourth-order valence-corrected chi connectivity index (χ4v) is 2.98. The molecule has 0 unspecified atom stereocenters. The molecule has 0 saturated carbocycles. The Morgan fingerprint density at radius 1 is 1.42 bits per heavy atom. The lowest BCUT2D eigenvalue weighted by molar-refractivity contribution is -0.140. The number of thiophene rings is 1. The van der Waals surface area contributed by atoms with E-state index in [9.17, 15) is 9.59 Å². The molecule has 1 aliphatic heterocycles. The lowest BCUT2D eigenvalue weighted by Gasteiger charge is -2.36. The number of ether oxygens (including phenoxy) is 1. The minimum absolute atomic E-state index is 0.0499. The van der Waals surface area contributed by atoms with E-state index in [0.717, 1.165) is 5.56 Å². The second kappa shape index (κ2) is 6.16. The maximum atomic E-state index is 12.0. The van der Waals surface area contributed by atoms with E-state index in [2.05, 4.69) is 5.32 Å². The van der Waals surface area contributed by atoms with Gasteiger partial charge in [0.15, 0.2) is 0 Å². The largest absolute Gasteiger partial charge is 0.481 e. The second-order valence-corrected chi connectivity index (χ2v) is 5.60. The number of rotatable bonds is 5. The number of carboxylic acid groups (broad SMARTS) is 1. The molecule has 2 heterocycles. The van der Waals surface area contributed by atoms with Crippen LogP contribution >= 0.6 is 11.3 Å². The zero-order valence-corrected chi connectivity index (χ0v) is 11.4. The number of aliphatic carboxylic acids is 1. The van der Waals surface area contributed by atoms with E-state index in [1.54, 1.807) is 11.3 Å². The van der Waals surface area contributed by atoms with Gasteiger partial charge in [-0.15, -0.1) is 0 Å². The molecule has 1 aromatic rings. The molecular formula is C13H17NO4S. The molecule has 19 heavy (non-hydrogen) atoms. The predicted octanol–water partition coefficient (Wildman–Crippen LogP) is 1.43. The van der Waals surface area contributed by atoms with E-state index < -0.39 is 11.5 Å². The van der Waals surface area contributed by atoms with Crippen molar-refractivity contribution < 1.29 is 19.4 Å². The molecule has 5 nitrogen and oxygen atoms in total. The third-order valence-electron chi connectivity index (χ3n) is 3.29. The van der Waals surface area contributed by atoms with E-state index in [-0.39, 0.29) is 12.3 Å². The summed E-state index contributed by atoms with van der Waals surface area (Å²) in [5.74, 6) is -1.01. The van der Waals surface area contributed by atoms with E-state index in [1.807, 2.05) is 16.8 Å². The van der Waals surface area contributed by atoms with Crippen molar-refractivity contribution in [3.8, 4) is 0 Å². The van der Waals surface area contributed by atoms with E-state index in [4.69, 9.17) is 9.84 Å². The van der Waals surface area contributed by atoms with Gasteiger partial charge in [-0.25, -0.2) is 0 Å². The highest BCUT2D eigenvalue weighted by Gasteiger charge is 2.36. The van der Waals surface area contributed by atoms with Crippen LogP contribution in [-0.2, 0) is 20.7 Å². The molecule has 0 aliphatic carbocycles. The molecule has 2 rings (SSSR count). The zero-order chi connectivity index (χ0) is 13.7. The molecule has 0 atom stereocenters. The first-order valence-corrected chi connectivity index (χ1v) is 7.16. The van der Waals surface area contributed by atoms with Gasteiger partial charge in [-0.3, -0.25) is 9.59 Å². The van der Waals surface area contributed by atoms with Gasteiger partial charge in [-0.2, -0.15) is 11.3 Å². The summed E-state index contributed by atoms with van der Waals surface area (Å²) in [5.41, 5.74) is 0.303. The normalized spacial score (nSPS) is 17.9. The highest BCUT2D eigenvalue weighted by atomic mass is 32.1. The van der Waals surface area contributed by atoms with Gasteiger partial charge in [0.2, 0.25) is 5.91 Å². The summed E-state index contributed by atoms with van der Waals surface area (Å²) in [6.07, 6.45) is 1.35.